The molecule has 29 heavy (non-hydrogen) atoms. The van der Waals surface area contributed by atoms with Crippen molar-refractivity contribution in [2.45, 2.75) is 31.1 Å². The van der Waals surface area contributed by atoms with Crippen molar-refractivity contribution in [3.05, 3.63) is 65.2 Å². The number of urea groups is 1. The SMILES string of the molecule is CC(C)NC(=O)NNC(=O)c1cccc(COc2ccc(C3SCCS3)cc2)c1. The molecule has 6 nitrogen and oxygen atoms in total. The van der Waals surface area contributed by atoms with E-state index in [2.05, 4.69) is 28.3 Å². The molecule has 0 radical (unpaired) electrons. The molecule has 0 bridgehead atoms. The summed E-state index contributed by atoms with van der Waals surface area (Å²) in [6, 6.07) is 14.9. The van der Waals surface area contributed by atoms with E-state index in [0.29, 0.717) is 16.8 Å². The summed E-state index contributed by atoms with van der Waals surface area (Å²) >= 11 is 3.96. The summed E-state index contributed by atoms with van der Waals surface area (Å²) in [6.07, 6.45) is 0. The fourth-order valence-electron chi connectivity index (χ4n) is 2.73. The van der Waals surface area contributed by atoms with E-state index in [1.807, 2.05) is 55.6 Å². The Morgan fingerprint density at radius 2 is 1.79 bits per heavy atom. The average molecular weight is 432 g/mol. The van der Waals surface area contributed by atoms with Gasteiger partial charge >= 0.3 is 6.03 Å². The zero-order chi connectivity index (χ0) is 20.6. The Balaban J connectivity index is 1.51. The van der Waals surface area contributed by atoms with Crippen molar-refractivity contribution in [3.8, 4) is 5.75 Å². The van der Waals surface area contributed by atoms with Gasteiger partial charge in [0.05, 0.1) is 4.58 Å². The Hall–Kier alpha value is -2.32. The molecule has 1 saturated heterocycles. The van der Waals surface area contributed by atoms with Crippen LogP contribution in [0.2, 0.25) is 0 Å². The van der Waals surface area contributed by atoms with Gasteiger partial charge in [-0.3, -0.25) is 10.2 Å². The van der Waals surface area contributed by atoms with Crippen LogP contribution < -0.4 is 20.9 Å². The van der Waals surface area contributed by atoms with Crippen LogP contribution in [0.5, 0.6) is 5.75 Å². The first-order chi connectivity index (χ1) is 14.0. The van der Waals surface area contributed by atoms with Crippen LogP contribution in [0.1, 0.15) is 39.9 Å². The van der Waals surface area contributed by atoms with Crippen LogP contribution >= 0.6 is 23.5 Å². The minimum atomic E-state index is -0.453. The smallest absolute Gasteiger partial charge is 0.333 e. The van der Waals surface area contributed by atoms with Crippen molar-refractivity contribution >= 4 is 35.5 Å². The van der Waals surface area contributed by atoms with Crippen molar-refractivity contribution in [2.75, 3.05) is 11.5 Å². The van der Waals surface area contributed by atoms with Gasteiger partial charge in [0.2, 0.25) is 0 Å². The van der Waals surface area contributed by atoms with E-state index in [-0.39, 0.29) is 11.9 Å². The van der Waals surface area contributed by atoms with Crippen LogP contribution in [0.15, 0.2) is 48.5 Å². The predicted octanol–water partition coefficient (Wildman–Crippen LogP) is 4.10. The number of hydrogen-bond acceptors (Lipinski definition) is 5. The van der Waals surface area contributed by atoms with Gasteiger partial charge in [0.15, 0.2) is 0 Å². The molecule has 0 atom stereocenters. The van der Waals surface area contributed by atoms with Gasteiger partial charge in [-0.15, -0.1) is 23.5 Å². The van der Waals surface area contributed by atoms with Gasteiger partial charge in [-0.1, -0.05) is 24.3 Å². The highest BCUT2D eigenvalue weighted by Crippen LogP contribution is 2.45. The summed E-state index contributed by atoms with van der Waals surface area (Å²) in [5.74, 6) is 2.82. The summed E-state index contributed by atoms with van der Waals surface area (Å²) in [6.45, 7) is 4.03. The van der Waals surface area contributed by atoms with Gasteiger partial charge in [0.25, 0.3) is 5.91 Å². The Labute approximate surface area is 179 Å². The first-order valence-corrected chi connectivity index (χ1v) is 11.5. The van der Waals surface area contributed by atoms with Gasteiger partial charge in [-0.05, 0) is 49.2 Å². The van der Waals surface area contributed by atoms with Crippen molar-refractivity contribution < 1.29 is 14.3 Å². The number of hydrazine groups is 1. The maximum atomic E-state index is 12.2. The number of rotatable bonds is 6. The van der Waals surface area contributed by atoms with Gasteiger partial charge in [-0.25, -0.2) is 10.2 Å². The number of hydrogen-bond donors (Lipinski definition) is 3. The fourth-order valence-corrected chi connectivity index (χ4v) is 5.58. The molecule has 0 saturated carbocycles. The second-order valence-corrected chi connectivity index (χ2v) is 9.56. The Morgan fingerprint density at radius 3 is 2.48 bits per heavy atom. The van der Waals surface area contributed by atoms with Crippen molar-refractivity contribution in [3.63, 3.8) is 0 Å². The number of nitrogens with one attached hydrogen (secondary N) is 3. The lowest BCUT2D eigenvalue weighted by atomic mass is 10.1. The quantitative estimate of drug-likeness (QED) is 0.600. The number of amides is 3. The highest BCUT2D eigenvalue weighted by Gasteiger charge is 2.18. The van der Waals surface area contributed by atoms with E-state index < -0.39 is 6.03 Å². The summed E-state index contributed by atoms with van der Waals surface area (Å²) in [4.78, 5) is 23.8. The van der Waals surface area contributed by atoms with E-state index >= 15 is 0 Å². The minimum absolute atomic E-state index is 0.0166. The molecule has 0 spiro atoms. The largest absolute Gasteiger partial charge is 0.489 e. The van der Waals surface area contributed by atoms with Crippen LogP contribution in [-0.2, 0) is 6.61 Å². The predicted molar refractivity (Wildman–Crippen MR) is 119 cm³/mol. The summed E-state index contributed by atoms with van der Waals surface area (Å²) in [7, 11) is 0. The number of carbonyl (C=O) groups is 2. The number of ether oxygens (including phenoxy) is 1. The monoisotopic (exact) mass is 431 g/mol. The Kier molecular flexibility index (Phi) is 7.71. The second kappa shape index (κ2) is 10.5. The molecule has 3 N–H and O–H groups in total. The van der Waals surface area contributed by atoms with Gasteiger partial charge < -0.3 is 10.1 Å². The van der Waals surface area contributed by atoms with E-state index in [1.165, 1.54) is 17.1 Å². The van der Waals surface area contributed by atoms with Crippen LogP contribution in [0, 0.1) is 0 Å². The third-order valence-corrected chi connectivity index (χ3v) is 7.18. The van der Waals surface area contributed by atoms with E-state index in [4.69, 9.17) is 4.74 Å². The second-order valence-electron chi connectivity index (χ2n) is 6.84. The number of carbonyl (C=O) groups excluding carboxylic acids is 2. The molecule has 1 fully saturated rings. The van der Waals surface area contributed by atoms with Crippen molar-refractivity contribution in [1.82, 2.24) is 16.2 Å². The molecule has 1 aliphatic heterocycles. The summed E-state index contributed by atoms with van der Waals surface area (Å²) < 4.78 is 6.38. The molecule has 3 amide bonds. The minimum Gasteiger partial charge on any atom is -0.489 e. The van der Waals surface area contributed by atoms with E-state index in [0.717, 1.165) is 11.3 Å². The maximum absolute atomic E-state index is 12.2. The highest BCUT2D eigenvalue weighted by atomic mass is 32.2. The van der Waals surface area contributed by atoms with Gasteiger partial charge in [0.1, 0.15) is 12.4 Å². The van der Waals surface area contributed by atoms with Crippen molar-refractivity contribution in [2.24, 2.45) is 0 Å². The molecule has 0 unspecified atom stereocenters. The lowest BCUT2D eigenvalue weighted by molar-refractivity contribution is 0.0935. The molecule has 154 valence electrons. The first kappa shape index (κ1) is 21.4. The molecule has 8 heteroatoms. The molecular weight excluding hydrogens is 406 g/mol. The van der Waals surface area contributed by atoms with Crippen LogP contribution in [0.4, 0.5) is 4.79 Å². The molecule has 2 aromatic rings. The van der Waals surface area contributed by atoms with Gasteiger partial charge in [0, 0.05) is 23.1 Å². The van der Waals surface area contributed by atoms with Crippen LogP contribution in [0.3, 0.4) is 0 Å². The summed E-state index contributed by atoms with van der Waals surface area (Å²) in [5, 5.41) is 2.63. The topological polar surface area (TPSA) is 79.5 Å². The lowest BCUT2D eigenvalue weighted by Crippen LogP contribution is -2.48. The first-order valence-electron chi connectivity index (χ1n) is 9.43. The zero-order valence-electron chi connectivity index (χ0n) is 16.4. The normalized spacial score (nSPS) is 13.9. The molecule has 3 rings (SSSR count). The van der Waals surface area contributed by atoms with E-state index in [1.54, 1.807) is 18.2 Å². The third kappa shape index (κ3) is 6.61. The number of benzene rings is 2. The van der Waals surface area contributed by atoms with E-state index in [9.17, 15) is 9.59 Å². The highest BCUT2D eigenvalue weighted by molar-refractivity contribution is 8.19. The van der Waals surface area contributed by atoms with Crippen LogP contribution in [-0.4, -0.2) is 29.5 Å². The Morgan fingerprint density at radius 1 is 1.07 bits per heavy atom. The zero-order valence-corrected chi connectivity index (χ0v) is 18.1. The Bertz CT molecular complexity index is 837. The maximum Gasteiger partial charge on any atom is 0.333 e. The molecule has 0 aromatic heterocycles. The lowest BCUT2D eigenvalue weighted by Gasteiger charge is -2.12. The third-order valence-electron chi connectivity index (χ3n) is 4.08. The molecule has 2 aromatic carbocycles. The van der Waals surface area contributed by atoms with Crippen LogP contribution in [0.25, 0.3) is 0 Å². The standard InChI is InChI=1S/C21H25N3O3S2/c1-14(2)22-21(26)24-23-19(25)17-5-3-4-15(12-17)13-27-18-8-6-16(7-9-18)20-28-10-11-29-20/h3-9,12,14,20H,10-11,13H2,1-2H3,(H,23,25)(H2,22,24,26). The molecule has 1 heterocycles. The molecule has 0 aliphatic carbocycles. The summed E-state index contributed by atoms with van der Waals surface area (Å²) in [5.41, 5.74) is 7.36. The molecular formula is C21H25N3O3S2. The number of thioether (sulfide) groups is 2. The van der Waals surface area contributed by atoms with Gasteiger partial charge in [-0.2, -0.15) is 0 Å². The molecule has 1 aliphatic rings. The average Bonchev–Trinajstić information content (AvgIpc) is 3.25. The fraction of sp³-hybridized carbons (Fsp3) is 0.333. The van der Waals surface area contributed by atoms with Crippen molar-refractivity contribution in [1.29, 1.82) is 0 Å².